The van der Waals surface area contributed by atoms with Crippen LogP contribution < -0.4 is 5.73 Å². The Hall–Kier alpha value is -1.75. The Morgan fingerprint density at radius 2 is 2.17 bits per heavy atom. The molecule has 1 heterocycles. The molecular formula is C13H15F2N3. The van der Waals surface area contributed by atoms with Crippen molar-refractivity contribution in [2.45, 2.75) is 25.9 Å². The molecule has 0 aliphatic carbocycles. The van der Waals surface area contributed by atoms with Crippen LogP contribution >= 0.6 is 0 Å². The zero-order valence-corrected chi connectivity index (χ0v) is 10.1. The maximum Gasteiger partial charge on any atom is 0.131 e. The summed E-state index contributed by atoms with van der Waals surface area (Å²) in [6, 6.07) is 3.43. The molecule has 0 fully saturated rings. The minimum absolute atomic E-state index is 0.129. The average Bonchev–Trinajstić information content (AvgIpc) is 2.80. The normalized spacial score (nSPS) is 12.7. The molecule has 0 amide bonds. The second-order valence-corrected chi connectivity index (χ2v) is 4.20. The molecule has 1 aromatic carbocycles. The van der Waals surface area contributed by atoms with Crippen LogP contribution in [0.4, 0.5) is 8.78 Å². The van der Waals surface area contributed by atoms with Crippen molar-refractivity contribution in [3.05, 3.63) is 53.6 Å². The van der Waals surface area contributed by atoms with Gasteiger partial charge in [0.15, 0.2) is 0 Å². The van der Waals surface area contributed by atoms with Gasteiger partial charge in [0.05, 0.1) is 18.6 Å². The van der Waals surface area contributed by atoms with Crippen molar-refractivity contribution in [1.29, 1.82) is 0 Å². The van der Waals surface area contributed by atoms with Gasteiger partial charge in [-0.1, -0.05) is 13.0 Å². The second kappa shape index (κ2) is 5.27. The van der Waals surface area contributed by atoms with Crippen molar-refractivity contribution in [3.8, 4) is 0 Å². The van der Waals surface area contributed by atoms with Gasteiger partial charge in [0.2, 0.25) is 0 Å². The highest BCUT2D eigenvalue weighted by Crippen LogP contribution is 2.16. The molecule has 0 aliphatic heterocycles. The lowest BCUT2D eigenvalue weighted by Crippen LogP contribution is -2.15. The minimum Gasteiger partial charge on any atom is -0.329 e. The van der Waals surface area contributed by atoms with Crippen LogP contribution in [0, 0.1) is 11.6 Å². The highest BCUT2D eigenvalue weighted by molar-refractivity contribution is 5.20. The third kappa shape index (κ3) is 2.56. The van der Waals surface area contributed by atoms with Crippen molar-refractivity contribution in [3.63, 3.8) is 0 Å². The molecule has 5 heteroatoms. The molecule has 1 atom stereocenters. The predicted molar refractivity (Wildman–Crippen MR) is 64.9 cm³/mol. The van der Waals surface area contributed by atoms with Crippen molar-refractivity contribution >= 4 is 0 Å². The summed E-state index contributed by atoms with van der Waals surface area (Å²) in [4.78, 5) is 4.02. The molecule has 1 aromatic heterocycles. The third-order valence-corrected chi connectivity index (χ3v) is 2.92. The molecule has 2 N–H and O–H groups in total. The number of hydrogen-bond donors (Lipinski definition) is 1. The van der Waals surface area contributed by atoms with Crippen molar-refractivity contribution < 1.29 is 8.78 Å². The van der Waals surface area contributed by atoms with E-state index in [2.05, 4.69) is 4.98 Å². The van der Waals surface area contributed by atoms with Gasteiger partial charge in [-0.25, -0.2) is 13.8 Å². The average molecular weight is 251 g/mol. The molecule has 0 saturated heterocycles. The van der Waals surface area contributed by atoms with E-state index in [1.807, 2.05) is 6.92 Å². The van der Waals surface area contributed by atoms with Crippen LogP contribution in [0.25, 0.3) is 0 Å². The van der Waals surface area contributed by atoms with Crippen LogP contribution in [0.3, 0.4) is 0 Å². The quantitative estimate of drug-likeness (QED) is 0.907. The molecular weight excluding hydrogens is 236 g/mol. The number of nitrogens with zero attached hydrogens (tertiary/aromatic N) is 2. The summed E-state index contributed by atoms with van der Waals surface area (Å²) in [6.07, 6.45) is 4.06. The molecule has 2 aromatic rings. The first-order chi connectivity index (χ1) is 8.61. The maximum atomic E-state index is 13.6. The molecule has 0 radical (unpaired) electrons. The summed E-state index contributed by atoms with van der Waals surface area (Å²) in [5, 5.41) is 0. The molecule has 2 rings (SSSR count). The van der Waals surface area contributed by atoms with Gasteiger partial charge in [0.25, 0.3) is 0 Å². The van der Waals surface area contributed by atoms with Gasteiger partial charge in [0.1, 0.15) is 11.6 Å². The van der Waals surface area contributed by atoms with E-state index in [1.165, 1.54) is 12.1 Å². The Morgan fingerprint density at radius 1 is 1.39 bits per heavy atom. The van der Waals surface area contributed by atoms with E-state index in [-0.39, 0.29) is 6.04 Å². The van der Waals surface area contributed by atoms with E-state index in [1.54, 1.807) is 17.1 Å². The summed E-state index contributed by atoms with van der Waals surface area (Å²) in [5.41, 5.74) is 7.20. The Morgan fingerprint density at radius 3 is 2.83 bits per heavy atom. The van der Waals surface area contributed by atoms with Crippen LogP contribution in [0.2, 0.25) is 0 Å². The van der Waals surface area contributed by atoms with E-state index in [0.29, 0.717) is 12.1 Å². The summed E-state index contributed by atoms with van der Waals surface area (Å²) in [6.45, 7) is 2.27. The Labute approximate surface area is 104 Å². The number of hydrogen-bond acceptors (Lipinski definition) is 2. The predicted octanol–water partition coefficient (Wildman–Crippen LogP) is 2.62. The van der Waals surface area contributed by atoms with Crippen molar-refractivity contribution in [2.75, 3.05) is 0 Å². The Bertz CT molecular complexity index is 537. The highest BCUT2D eigenvalue weighted by Gasteiger charge is 2.11. The van der Waals surface area contributed by atoms with E-state index in [4.69, 9.17) is 5.73 Å². The second-order valence-electron chi connectivity index (χ2n) is 4.20. The van der Waals surface area contributed by atoms with Crippen LogP contribution in [0.5, 0.6) is 0 Å². The maximum absolute atomic E-state index is 13.6. The minimum atomic E-state index is -0.577. The molecule has 0 aliphatic rings. The molecule has 96 valence electrons. The highest BCUT2D eigenvalue weighted by atomic mass is 19.1. The lowest BCUT2D eigenvalue weighted by molar-refractivity contribution is 0.557. The zero-order valence-electron chi connectivity index (χ0n) is 10.1. The van der Waals surface area contributed by atoms with E-state index >= 15 is 0 Å². The lowest BCUT2D eigenvalue weighted by Gasteiger charge is -2.13. The first kappa shape index (κ1) is 12.7. The number of rotatable bonds is 4. The topological polar surface area (TPSA) is 43.8 Å². The first-order valence-corrected chi connectivity index (χ1v) is 5.81. The van der Waals surface area contributed by atoms with Crippen LogP contribution in [0.1, 0.15) is 30.6 Å². The van der Waals surface area contributed by atoms with E-state index in [0.717, 1.165) is 18.2 Å². The Balaban J connectivity index is 2.26. The standard InChI is InChI=1S/C13H15F2N3/c1-2-12(16)13-6-17-8-18(13)7-9-3-4-10(14)5-11(9)15/h3-6,8,12H,2,7,16H2,1H3/t12-/m1/s1. The smallest absolute Gasteiger partial charge is 0.131 e. The van der Waals surface area contributed by atoms with Gasteiger partial charge in [-0.2, -0.15) is 0 Å². The van der Waals surface area contributed by atoms with E-state index < -0.39 is 11.6 Å². The first-order valence-electron chi connectivity index (χ1n) is 5.81. The van der Waals surface area contributed by atoms with Gasteiger partial charge < -0.3 is 10.3 Å². The van der Waals surface area contributed by atoms with E-state index in [9.17, 15) is 8.78 Å². The number of nitrogens with two attached hydrogens (primary N) is 1. The number of aromatic nitrogens is 2. The summed E-state index contributed by atoms with van der Waals surface area (Å²) < 4.78 is 28.1. The van der Waals surface area contributed by atoms with Gasteiger partial charge in [-0.15, -0.1) is 0 Å². The molecule has 0 spiro atoms. The summed E-state index contributed by atoms with van der Waals surface area (Å²) in [5.74, 6) is -1.13. The van der Waals surface area contributed by atoms with Crippen LogP contribution in [0.15, 0.2) is 30.7 Å². The fourth-order valence-corrected chi connectivity index (χ4v) is 1.81. The number of imidazole rings is 1. The van der Waals surface area contributed by atoms with Gasteiger partial charge >= 0.3 is 0 Å². The molecule has 18 heavy (non-hydrogen) atoms. The molecule has 3 nitrogen and oxygen atoms in total. The number of halogens is 2. The summed E-state index contributed by atoms with van der Waals surface area (Å²) >= 11 is 0. The van der Waals surface area contributed by atoms with Crippen molar-refractivity contribution in [1.82, 2.24) is 9.55 Å². The summed E-state index contributed by atoms with van der Waals surface area (Å²) in [7, 11) is 0. The largest absolute Gasteiger partial charge is 0.329 e. The Kier molecular flexibility index (Phi) is 3.72. The lowest BCUT2D eigenvalue weighted by atomic mass is 10.1. The monoisotopic (exact) mass is 251 g/mol. The fourth-order valence-electron chi connectivity index (χ4n) is 1.81. The van der Waals surface area contributed by atoms with Crippen molar-refractivity contribution in [2.24, 2.45) is 5.73 Å². The molecule has 0 saturated carbocycles. The molecule has 0 bridgehead atoms. The van der Waals surface area contributed by atoms with Crippen LogP contribution in [-0.2, 0) is 6.54 Å². The van der Waals surface area contributed by atoms with Gasteiger partial charge in [-0.3, -0.25) is 0 Å². The van der Waals surface area contributed by atoms with Crippen LogP contribution in [-0.4, -0.2) is 9.55 Å². The molecule has 0 unspecified atom stereocenters. The zero-order chi connectivity index (χ0) is 13.1. The number of benzene rings is 1. The third-order valence-electron chi connectivity index (χ3n) is 2.92. The van der Waals surface area contributed by atoms with Gasteiger partial charge in [0, 0.05) is 23.9 Å². The fraction of sp³-hybridized carbons (Fsp3) is 0.308. The SMILES string of the molecule is CC[C@@H](N)c1cncn1Cc1ccc(F)cc1F. The van der Waals surface area contributed by atoms with Gasteiger partial charge in [-0.05, 0) is 12.5 Å².